The number of aromatic nitrogens is 4. The second-order valence-corrected chi connectivity index (χ2v) is 5.17. The number of anilines is 1. The van der Waals surface area contributed by atoms with Crippen molar-refractivity contribution < 1.29 is 4.79 Å². The fraction of sp³-hybridized carbons (Fsp3) is 0.250. The van der Waals surface area contributed by atoms with Crippen LogP contribution < -0.4 is 10.6 Å². The first-order chi connectivity index (χ1) is 11.2. The van der Waals surface area contributed by atoms with Crippen molar-refractivity contribution in [1.29, 1.82) is 0 Å². The molecule has 23 heavy (non-hydrogen) atoms. The highest BCUT2D eigenvalue weighted by molar-refractivity contribution is 5.92. The maximum Gasteiger partial charge on any atom is 0.271 e. The Labute approximate surface area is 133 Å². The lowest BCUT2D eigenvalue weighted by Crippen LogP contribution is -2.24. The summed E-state index contributed by atoms with van der Waals surface area (Å²) in [5.74, 6) is 0.384. The highest BCUT2D eigenvalue weighted by atomic mass is 16.1. The molecule has 3 aromatic heterocycles. The van der Waals surface area contributed by atoms with Gasteiger partial charge in [0, 0.05) is 18.9 Å². The fourth-order valence-corrected chi connectivity index (χ4v) is 2.27. The van der Waals surface area contributed by atoms with Crippen molar-refractivity contribution in [3.05, 3.63) is 53.6 Å². The van der Waals surface area contributed by atoms with Crippen LogP contribution in [0.15, 0.2) is 36.7 Å². The Hall–Kier alpha value is -2.96. The number of carbonyl (C=O) groups is 1. The first-order valence-corrected chi connectivity index (χ1v) is 7.46. The molecule has 0 aliphatic heterocycles. The largest absolute Gasteiger partial charge is 0.363 e. The first kappa shape index (κ1) is 15.0. The Morgan fingerprint density at radius 2 is 2.13 bits per heavy atom. The predicted molar refractivity (Wildman–Crippen MR) is 87.3 cm³/mol. The molecule has 0 aromatic carbocycles. The van der Waals surface area contributed by atoms with Crippen LogP contribution in [0.25, 0.3) is 5.65 Å². The molecule has 118 valence electrons. The highest BCUT2D eigenvalue weighted by Gasteiger charge is 2.07. The van der Waals surface area contributed by atoms with Gasteiger partial charge in [0.25, 0.3) is 5.91 Å². The summed E-state index contributed by atoms with van der Waals surface area (Å²) in [6.07, 6.45) is 3.95. The SMILES string of the molecule is CCNC(=O)c1ccc(NCc2cn3cccc(C)c3n2)nn1. The lowest BCUT2D eigenvalue weighted by molar-refractivity contribution is 0.0950. The molecule has 3 aromatic rings. The quantitative estimate of drug-likeness (QED) is 0.750. The summed E-state index contributed by atoms with van der Waals surface area (Å²) in [7, 11) is 0. The van der Waals surface area contributed by atoms with Gasteiger partial charge in [-0.2, -0.15) is 0 Å². The van der Waals surface area contributed by atoms with Crippen LogP contribution in [0.3, 0.4) is 0 Å². The number of nitrogens with zero attached hydrogens (tertiary/aromatic N) is 4. The Bertz CT molecular complexity index is 824. The van der Waals surface area contributed by atoms with Crippen molar-refractivity contribution in [2.45, 2.75) is 20.4 Å². The number of hydrogen-bond acceptors (Lipinski definition) is 5. The molecular formula is C16H18N6O. The Balaban J connectivity index is 1.67. The van der Waals surface area contributed by atoms with Gasteiger partial charge in [0.2, 0.25) is 0 Å². The molecule has 0 saturated heterocycles. The molecule has 0 radical (unpaired) electrons. The summed E-state index contributed by atoms with van der Waals surface area (Å²) in [4.78, 5) is 16.2. The minimum Gasteiger partial charge on any atom is -0.363 e. The summed E-state index contributed by atoms with van der Waals surface area (Å²) < 4.78 is 2.00. The summed E-state index contributed by atoms with van der Waals surface area (Å²) in [5, 5.41) is 13.8. The van der Waals surface area contributed by atoms with Crippen LogP contribution >= 0.6 is 0 Å². The van der Waals surface area contributed by atoms with Gasteiger partial charge in [-0.15, -0.1) is 10.2 Å². The molecule has 2 N–H and O–H groups in total. The van der Waals surface area contributed by atoms with Crippen molar-refractivity contribution in [2.24, 2.45) is 0 Å². The van der Waals surface area contributed by atoms with Crippen molar-refractivity contribution in [3.8, 4) is 0 Å². The van der Waals surface area contributed by atoms with E-state index in [0.717, 1.165) is 16.9 Å². The van der Waals surface area contributed by atoms with Gasteiger partial charge < -0.3 is 15.0 Å². The zero-order valence-corrected chi connectivity index (χ0v) is 13.1. The van der Waals surface area contributed by atoms with E-state index in [0.29, 0.717) is 24.6 Å². The number of amides is 1. The second-order valence-electron chi connectivity index (χ2n) is 5.17. The highest BCUT2D eigenvalue weighted by Crippen LogP contribution is 2.11. The number of pyridine rings is 1. The number of hydrogen-bond donors (Lipinski definition) is 2. The Morgan fingerprint density at radius 1 is 1.26 bits per heavy atom. The molecule has 7 nitrogen and oxygen atoms in total. The van der Waals surface area contributed by atoms with E-state index in [1.807, 2.05) is 42.8 Å². The average Bonchev–Trinajstić information content (AvgIpc) is 2.98. The van der Waals surface area contributed by atoms with Crippen LogP contribution in [0.4, 0.5) is 5.82 Å². The van der Waals surface area contributed by atoms with Gasteiger partial charge in [-0.25, -0.2) is 4.98 Å². The Morgan fingerprint density at radius 3 is 2.83 bits per heavy atom. The molecule has 1 amide bonds. The average molecular weight is 310 g/mol. The third-order valence-electron chi connectivity index (χ3n) is 3.41. The maximum absolute atomic E-state index is 11.6. The molecule has 0 atom stereocenters. The number of rotatable bonds is 5. The molecule has 0 aliphatic rings. The molecule has 0 saturated carbocycles. The van der Waals surface area contributed by atoms with Crippen LogP contribution in [-0.4, -0.2) is 32.0 Å². The number of aryl methyl sites for hydroxylation is 1. The van der Waals surface area contributed by atoms with Crippen LogP contribution in [0, 0.1) is 6.92 Å². The van der Waals surface area contributed by atoms with Crippen LogP contribution in [0.5, 0.6) is 0 Å². The summed E-state index contributed by atoms with van der Waals surface area (Å²) in [5.41, 5.74) is 3.29. The summed E-state index contributed by atoms with van der Waals surface area (Å²) in [6.45, 7) is 4.99. The molecule has 0 unspecified atom stereocenters. The summed E-state index contributed by atoms with van der Waals surface area (Å²) in [6, 6.07) is 7.41. The van der Waals surface area contributed by atoms with Crippen LogP contribution in [0.1, 0.15) is 28.7 Å². The lowest BCUT2D eigenvalue weighted by Gasteiger charge is -2.04. The van der Waals surface area contributed by atoms with E-state index in [1.54, 1.807) is 12.1 Å². The van der Waals surface area contributed by atoms with E-state index < -0.39 is 0 Å². The first-order valence-electron chi connectivity index (χ1n) is 7.46. The maximum atomic E-state index is 11.6. The van der Waals surface area contributed by atoms with Gasteiger partial charge >= 0.3 is 0 Å². The third-order valence-corrected chi connectivity index (χ3v) is 3.41. The van der Waals surface area contributed by atoms with E-state index in [1.165, 1.54) is 0 Å². The van der Waals surface area contributed by atoms with Gasteiger partial charge in [-0.05, 0) is 37.6 Å². The zero-order chi connectivity index (χ0) is 16.2. The molecule has 3 rings (SSSR count). The number of imidazole rings is 1. The zero-order valence-electron chi connectivity index (χ0n) is 13.1. The molecule has 0 bridgehead atoms. The fourth-order valence-electron chi connectivity index (χ4n) is 2.27. The molecule has 7 heteroatoms. The van der Waals surface area contributed by atoms with E-state index in [9.17, 15) is 4.79 Å². The summed E-state index contributed by atoms with van der Waals surface area (Å²) >= 11 is 0. The van der Waals surface area contributed by atoms with E-state index in [4.69, 9.17) is 0 Å². The third kappa shape index (κ3) is 3.28. The van der Waals surface area contributed by atoms with Crippen molar-refractivity contribution in [3.63, 3.8) is 0 Å². The standard InChI is InChI=1S/C16H18N6O/c1-3-17-16(23)13-6-7-14(21-20-13)18-9-12-10-22-8-4-5-11(2)15(22)19-12/h4-8,10H,3,9H2,1-2H3,(H,17,23)(H,18,21). The van der Waals surface area contributed by atoms with Gasteiger partial charge in [0.05, 0.1) is 12.2 Å². The van der Waals surface area contributed by atoms with Gasteiger partial charge in [-0.1, -0.05) is 6.07 Å². The molecule has 0 aliphatic carbocycles. The van der Waals surface area contributed by atoms with Crippen molar-refractivity contribution >= 4 is 17.4 Å². The van der Waals surface area contributed by atoms with E-state index >= 15 is 0 Å². The molecular weight excluding hydrogens is 292 g/mol. The Kier molecular flexibility index (Phi) is 4.18. The smallest absolute Gasteiger partial charge is 0.271 e. The second kappa shape index (κ2) is 6.43. The van der Waals surface area contributed by atoms with Crippen molar-refractivity contribution in [2.75, 3.05) is 11.9 Å². The van der Waals surface area contributed by atoms with Crippen molar-refractivity contribution in [1.82, 2.24) is 24.9 Å². The molecule has 0 spiro atoms. The van der Waals surface area contributed by atoms with Gasteiger partial charge in [0.1, 0.15) is 11.5 Å². The molecule has 3 heterocycles. The number of fused-ring (bicyclic) bond motifs is 1. The predicted octanol–water partition coefficient (Wildman–Crippen LogP) is 1.79. The normalized spacial score (nSPS) is 10.7. The van der Waals surface area contributed by atoms with Gasteiger partial charge in [-0.3, -0.25) is 4.79 Å². The minimum absolute atomic E-state index is 0.220. The minimum atomic E-state index is -0.220. The lowest BCUT2D eigenvalue weighted by atomic mass is 10.3. The monoisotopic (exact) mass is 310 g/mol. The number of nitrogens with one attached hydrogen (secondary N) is 2. The molecule has 0 fully saturated rings. The van der Waals surface area contributed by atoms with E-state index in [2.05, 4.69) is 25.8 Å². The van der Waals surface area contributed by atoms with Gasteiger partial charge in [0.15, 0.2) is 5.69 Å². The topological polar surface area (TPSA) is 84.2 Å². The number of carbonyl (C=O) groups excluding carboxylic acids is 1. The van der Waals surface area contributed by atoms with Crippen LogP contribution in [-0.2, 0) is 6.54 Å². The van der Waals surface area contributed by atoms with Crippen LogP contribution in [0.2, 0.25) is 0 Å². The van der Waals surface area contributed by atoms with E-state index in [-0.39, 0.29) is 5.91 Å².